The van der Waals surface area contributed by atoms with Crippen LogP contribution >= 0.6 is 0 Å². The molecular weight excluding hydrogens is 603 g/mol. The number of aryl methyl sites for hydroxylation is 2. The van der Waals surface area contributed by atoms with Gasteiger partial charge in [0.15, 0.2) is 0 Å². The van der Waals surface area contributed by atoms with Crippen molar-refractivity contribution in [3.63, 3.8) is 0 Å². The Labute approximate surface area is 270 Å². The van der Waals surface area contributed by atoms with Gasteiger partial charge in [0, 0.05) is 23.7 Å². The van der Waals surface area contributed by atoms with Crippen molar-refractivity contribution < 1.29 is 17.6 Å². The van der Waals surface area contributed by atoms with Gasteiger partial charge < -0.3 is 15.1 Å². The molecule has 3 aromatic carbocycles. The van der Waals surface area contributed by atoms with Crippen molar-refractivity contribution in [2.45, 2.75) is 59.0 Å². The number of halogens is 3. The topological polar surface area (TPSA) is 114 Å². The fraction of sp³-hybridized carbons (Fsp3) is 0.297. The first-order chi connectivity index (χ1) is 22.6. The minimum absolute atomic E-state index is 0.0162. The molecule has 2 aromatic heterocycles. The number of nitrogens with zero attached hydrogens (tertiary/aromatic N) is 2. The predicted molar refractivity (Wildman–Crippen MR) is 177 cm³/mol. The van der Waals surface area contributed by atoms with E-state index in [1.165, 1.54) is 42.7 Å². The van der Waals surface area contributed by atoms with E-state index in [1.54, 1.807) is 6.07 Å². The first-order valence-electron chi connectivity index (χ1n) is 15.9. The normalized spacial score (nSPS) is 14.1. The zero-order chi connectivity index (χ0) is 33.2. The van der Waals surface area contributed by atoms with Crippen LogP contribution in [-0.2, 0) is 19.4 Å². The summed E-state index contributed by atoms with van der Waals surface area (Å²) >= 11 is 0. The van der Waals surface area contributed by atoms with E-state index in [0.717, 1.165) is 31.0 Å². The molecule has 0 radical (unpaired) electrons. The fourth-order valence-corrected chi connectivity index (χ4v) is 6.03. The van der Waals surface area contributed by atoms with Crippen molar-refractivity contribution in [3.8, 4) is 11.1 Å². The standard InChI is InChI=1S/C37H36F3N5O2/c1-4-21-13-23(15-27(40)32(21)29-17-42-29)35(41)34-28(10-5-7-20(2)3)44-19-45-37(34)43-18-31-33(22-8-6-9-24(38)14-22)36(46)26-16-25(39)11-12-30(26)47-31/h6,8-9,11-16,19-20,29,41-42H,4-5,7,10,17-18H2,1-3H3,(H,43,44,45). The second kappa shape index (κ2) is 13.5. The molecule has 0 spiro atoms. The number of aromatic nitrogens is 2. The van der Waals surface area contributed by atoms with E-state index >= 15 is 4.39 Å². The van der Waals surface area contributed by atoms with E-state index in [-0.39, 0.29) is 52.0 Å². The summed E-state index contributed by atoms with van der Waals surface area (Å²) in [6.45, 7) is 6.90. The first kappa shape index (κ1) is 32.1. The molecule has 1 saturated heterocycles. The van der Waals surface area contributed by atoms with E-state index in [2.05, 4.69) is 34.4 Å². The van der Waals surface area contributed by atoms with Crippen LogP contribution in [0.1, 0.15) is 73.4 Å². The van der Waals surface area contributed by atoms with Gasteiger partial charge in [-0.1, -0.05) is 39.3 Å². The highest BCUT2D eigenvalue weighted by Crippen LogP contribution is 2.32. The first-order valence-corrected chi connectivity index (χ1v) is 15.9. The van der Waals surface area contributed by atoms with E-state index in [0.29, 0.717) is 47.0 Å². The fourth-order valence-electron chi connectivity index (χ4n) is 6.03. The van der Waals surface area contributed by atoms with Crippen LogP contribution in [0.15, 0.2) is 70.1 Å². The summed E-state index contributed by atoms with van der Waals surface area (Å²) in [7, 11) is 0. The van der Waals surface area contributed by atoms with Gasteiger partial charge in [0.1, 0.15) is 40.9 Å². The van der Waals surface area contributed by atoms with Crippen LogP contribution in [0.3, 0.4) is 0 Å². The maximum atomic E-state index is 15.5. The summed E-state index contributed by atoms with van der Waals surface area (Å²) in [5, 5.41) is 15.8. The Morgan fingerprint density at radius 1 is 1.09 bits per heavy atom. The van der Waals surface area contributed by atoms with Gasteiger partial charge in [-0.05, 0) is 78.8 Å². The third-order valence-corrected chi connectivity index (χ3v) is 8.47. The Kier molecular flexibility index (Phi) is 9.22. The van der Waals surface area contributed by atoms with Gasteiger partial charge >= 0.3 is 0 Å². The summed E-state index contributed by atoms with van der Waals surface area (Å²) in [5.74, 6) is -0.534. The smallest absolute Gasteiger partial charge is 0.200 e. The molecule has 0 bridgehead atoms. The van der Waals surface area contributed by atoms with E-state index < -0.39 is 17.1 Å². The van der Waals surface area contributed by atoms with E-state index in [1.807, 2.05) is 13.0 Å². The summed E-state index contributed by atoms with van der Waals surface area (Å²) in [4.78, 5) is 22.7. The maximum Gasteiger partial charge on any atom is 0.200 e. The van der Waals surface area contributed by atoms with Crippen molar-refractivity contribution in [2.24, 2.45) is 5.92 Å². The van der Waals surface area contributed by atoms with Crippen molar-refractivity contribution in [1.29, 1.82) is 5.41 Å². The lowest BCUT2D eigenvalue weighted by atomic mass is 9.93. The van der Waals surface area contributed by atoms with Gasteiger partial charge in [-0.3, -0.25) is 10.2 Å². The molecule has 1 atom stereocenters. The zero-order valence-corrected chi connectivity index (χ0v) is 26.5. The molecule has 0 amide bonds. The zero-order valence-electron chi connectivity index (χ0n) is 26.5. The van der Waals surface area contributed by atoms with Crippen LogP contribution < -0.4 is 16.1 Å². The number of fused-ring (bicyclic) bond motifs is 1. The van der Waals surface area contributed by atoms with Crippen LogP contribution in [0.25, 0.3) is 22.1 Å². The number of hydrogen-bond donors (Lipinski definition) is 3. The average molecular weight is 640 g/mol. The van der Waals surface area contributed by atoms with Crippen molar-refractivity contribution in [1.82, 2.24) is 15.3 Å². The average Bonchev–Trinajstić information content (AvgIpc) is 3.88. The van der Waals surface area contributed by atoms with E-state index in [9.17, 15) is 19.0 Å². The summed E-state index contributed by atoms with van der Waals surface area (Å²) in [5.41, 5.74) is 3.03. The third-order valence-electron chi connectivity index (χ3n) is 8.47. The predicted octanol–water partition coefficient (Wildman–Crippen LogP) is 7.88. The van der Waals surface area contributed by atoms with Gasteiger partial charge in [0.2, 0.25) is 5.43 Å². The van der Waals surface area contributed by atoms with Gasteiger partial charge in [0.25, 0.3) is 0 Å². The Hall–Kier alpha value is -4.83. The summed E-state index contributed by atoms with van der Waals surface area (Å²) in [6.07, 6.45) is 4.38. The molecule has 0 aliphatic carbocycles. The summed E-state index contributed by atoms with van der Waals surface area (Å²) in [6, 6.07) is 12.5. The van der Waals surface area contributed by atoms with Crippen LogP contribution in [-0.4, -0.2) is 22.2 Å². The molecule has 1 aliphatic rings. The molecule has 3 N–H and O–H groups in total. The molecule has 5 aromatic rings. The van der Waals surface area contributed by atoms with E-state index in [4.69, 9.17) is 4.42 Å². The monoisotopic (exact) mass is 639 g/mol. The Morgan fingerprint density at radius 2 is 1.87 bits per heavy atom. The maximum absolute atomic E-state index is 15.5. The van der Waals surface area contributed by atoms with Crippen molar-refractivity contribution in [3.05, 3.63) is 122 Å². The molecule has 10 heteroatoms. The van der Waals surface area contributed by atoms with Gasteiger partial charge in [-0.15, -0.1) is 0 Å². The molecule has 1 aliphatic heterocycles. The Morgan fingerprint density at radius 3 is 2.60 bits per heavy atom. The highest BCUT2D eigenvalue weighted by Gasteiger charge is 2.29. The molecule has 1 fully saturated rings. The van der Waals surface area contributed by atoms with Gasteiger partial charge in [-0.2, -0.15) is 0 Å². The minimum atomic E-state index is -0.598. The highest BCUT2D eigenvalue weighted by molar-refractivity contribution is 6.14. The van der Waals surface area contributed by atoms with Gasteiger partial charge in [0.05, 0.1) is 34.5 Å². The van der Waals surface area contributed by atoms with Crippen LogP contribution in [0.5, 0.6) is 0 Å². The molecule has 6 rings (SSSR count). The third kappa shape index (κ3) is 6.83. The molecular formula is C37H36F3N5O2. The highest BCUT2D eigenvalue weighted by atomic mass is 19.1. The Balaban J connectivity index is 1.43. The second-order valence-corrected chi connectivity index (χ2v) is 12.3. The molecule has 3 heterocycles. The quantitative estimate of drug-likeness (QED) is 0.0946. The summed E-state index contributed by atoms with van der Waals surface area (Å²) < 4.78 is 50.1. The number of benzene rings is 3. The SMILES string of the molecule is CCc1cc(C(=N)c2c(CCCC(C)C)ncnc2NCc2oc3ccc(F)cc3c(=O)c2-c2cccc(F)c2)cc(F)c1C1CN1. The van der Waals surface area contributed by atoms with Crippen LogP contribution in [0.2, 0.25) is 0 Å². The van der Waals surface area contributed by atoms with Crippen molar-refractivity contribution >= 4 is 22.5 Å². The number of nitrogens with one attached hydrogen (secondary N) is 3. The van der Waals surface area contributed by atoms with Gasteiger partial charge in [-0.25, -0.2) is 23.1 Å². The van der Waals surface area contributed by atoms with Crippen LogP contribution in [0.4, 0.5) is 19.0 Å². The lowest BCUT2D eigenvalue weighted by molar-refractivity contribution is 0.545. The molecule has 7 nitrogen and oxygen atoms in total. The minimum Gasteiger partial charge on any atom is -0.458 e. The largest absolute Gasteiger partial charge is 0.458 e. The number of rotatable bonds is 12. The lowest BCUT2D eigenvalue weighted by Crippen LogP contribution is -2.17. The molecule has 0 saturated carbocycles. The molecule has 47 heavy (non-hydrogen) atoms. The lowest BCUT2D eigenvalue weighted by Gasteiger charge is -2.18. The Bertz CT molecular complexity index is 2040. The number of hydrogen-bond acceptors (Lipinski definition) is 7. The molecule has 1 unspecified atom stereocenters. The molecule has 242 valence electrons. The number of anilines is 1. The second-order valence-electron chi connectivity index (χ2n) is 12.3. The van der Waals surface area contributed by atoms with Crippen LogP contribution in [0, 0.1) is 28.8 Å². The van der Waals surface area contributed by atoms with Crippen molar-refractivity contribution in [2.75, 3.05) is 11.9 Å².